The van der Waals surface area contributed by atoms with Gasteiger partial charge in [-0.1, -0.05) is 6.07 Å². The molecular weight excluding hydrogens is 371 g/mol. The minimum Gasteiger partial charge on any atom is -0.406 e. The Labute approximate surface area is 151 Å². The van der Waals surface area contributed by atoms with Crippen molar-refractivity contribution in [3.05, 3.63) is 34.7 Å². The minimum atomic E-state index is -4.88. The zero-order valence-corrected chi connectivity index (χ0v) is 14.6. The maximum absolute atomic E-state index is 12.4. The lowest BCUT2D eigenvalue weighted by atomic mass is 10.3. The summed E-state index contributed by atoms with van der Waals surface area (Å²) in [7, 11) is 0. The molecule has 0 radical (unpaired) electrons. The second-order valence-corrected chi connectivity index (χ2v) is 5.19. The van der Waals surface area contributed by atoms with Crippen molar-refractivity contribution in [3.8, 4) is 11.4 Å². The summed E-state index contributed by atoms with van der Waals surface area (Å²) in [5.41, 5.74) is -0.947. The van der Waals surface area contributed by atoms with Crippen molar-refractivity contribution < 1.29 is 27.4 Å². The van der Waals surface area contributed by atoms with E-state index in [1.807, 2.05) is 6.92 Å². The highest BCUT2D eigenvalue weighted by Crippen LogP contribution is 2.23. The fourth-order valence-corrected chi connectivity index (χ4v) is 2.18. The third kappa shape index (κ3) is 5.29. The highest BCUT2D eigenvalue weighted by Gasteiger charge is 2.31. The molecule has 0 unspecified atom stereocenters. The van der Waals surface area contributed by atoms with Gasteiger partial charge in [0.15, 0.2) is 0 Å². The molecule has 0 fully saturated rings. The van der Waals surface area contributed by atoms with Crippen LogP contribution in [0.4, 0.5) is 18.0 Å². The van der Waals surface area contributed by atoms with Crippen molar-refractivity contribution in [2.75, 3.05) is 26.3 Å². The molecule has 0 N–H and O–H groups in total. The number of aromatic nitrogens is 4. The maximum atomic E-state index is 12.4. The van der Waals surface area contributed by atoms with Gasteiger partial charge in [-0.15, -0.1) is 17.9 Å². The van der Waals surface area contributed by atoms with E-state index in [-0.39, 0.29) is 18.8 Å². The van der Waals surface area contributed by atoms with Crippen LogP contribution in [-0.4, -0.2) is 63.4 Å². The zero-order chi connectivity index (χ0) is 20.0. The lowest BCUT2D eigenvalue weighted by Crippen LogP contribution is -2.42. The van der Waals surface area contributed by atoms with Crippen LogP contribution in [0.2, 0.25) is 0 Å². The molecule has 0 saturated heterocycles. The summed E-state index contributed by atoms with van der Waals surface area (Å²) in [4.78, 5) is 26.2. The van der Waals surface area contributed by atoms with Crippen LogP contribution in [0.15, 0.2) is 29.1 Å². The number of carbonyl (C=O) groups excluding carboxylic acids is 1. The Morgan fingerprint density at radius 3 is 2.63 bits per heavy atom. The Morgan fingerprint density at radius 2 is 2.00 bits per heavy atom. The monoisotopic (exact) mass is 389 g/mol. The maximum Gasteiger partial charge on any atom is 0.573 e. The third-order valence-corrected chi connectivity index (χ3v) is 3.42. The molecule has 1 aromatic carbocycles. The molecule has 1 aromatic heterocycles. The van der Waals surface area contributed by atoms with E-state index >= 15 is 0 Å². The van der Waals surface area contributed by atoms with E-state index in [1.165, 1.54) is 17.0 Å². The Hall–Kier alpha value is -2.89. The van der Waals surface area contributed by atoms with Crippen LogP contribution in [-0.2, 0) is 4.74 Å². The van der Waals surface area contributed by atoms with Gasteiger partial charge in [-0.25, -0.2) is 9.59 Å². The van der Waals surface area contributed by atoms with Crippen LogP contribution in [0.5, 0.6) is 5.75 Å². The first-order valence-corrected chi connectivity index (χ1v) is 8.05. The molecule has 0 bridgehead atoms. The Kier molecular flexibility index (Phi) is 6.55. The third-order valence-electron chi connectivity index (χ3n) is 3.42. The zero-order valence-electron chi connectivity index (χ0n) is 14.6. The number of ether oxygens (including phenoxy) is 2. The largest absolute Gasteiger partial charge is 0.573 e. The van der Waals surface area contributed by atoms with Gasteiger partial charge in [0, 0.05) is 25.8 Å². The van der Waals surface area contributed by atoms with Crippen LogP contribution >= 0.6 is 0 Å². The molecule has 1 amide bonds. The molecule has 0 aliphatic heterocycles. The quantitative estimate of drug-likeness (QED) is 0.528. The molecule has 0 atom stereocenters. The van der Waals surface area contributed by atoms with Gasteiger partial charge < -0.3 is 14.4 Å². The van der Waals surface area contributed by atoms with Crippen molar-refractivity contribution >= 4 is 6.03 Å². The summed E-state index contributed by atoms with van der Waals surface area (Å²) >= 11 is 0. The van der Waals surface area contributed by atoms with Crippen LogP contribution in [0.3, 0.4) is 0 Å². The summed E-state index contributed by atoms with van der Waals surface area (Å²) in [6.45, 7) is 4.85. The first-order valence-electron chi connectivity index (χ1n) is 8.05. The second kappa shape index (κ2) is 8.66. The smallest absolute Gasteiger partial charge is 0.406 e. The average Bonchev–Trinajstić information content (AvgIpc) is 2.98. The van der Waals surface area contributed by atoms with Crippen molar-refractivity contribution in [2.45, 2.75) is 20.2 Å². The van der Waals surface area contributed by atoms with E-state index in [4.69, 9.17) is 4.74 Å². The van der Waals surface area contributed by atoms with Crippen LogP contribution < -0.4 is 10.4 Å². The van der Waals surface area contributed by atoms with Gasteiger partial charge in [-0.3, -0.25) is 0 Å². The van der Waals surface area contributed by atoms with E-state index in [0.717, 1.165) is 12.1 Å². The van der Waals surface area contributed by atoms with Crippen LogP contribution in [0, 0.1) is 0 Å². The molecule has 0 aliphatic rings. The van der Waals surface area contributed by atoms with Crippen LogP contribution in [0.25, 0.3) is 5.69 Å². The molecule has 148 valence electrons. The normalized spacial score (nSPS) is 11.4. The second-order valence-electron chi connectivity index (χ2n) is 5.19. The highest BCUT2D eigenvalue weighted by atomic mass is 19.4. The number of alkyl halides is 3. The van der Waals surface area contributed by atoms with Gasteiger partial charge in [-0.05, 0) is 36.4 Å². The van der Waals surface area contributed by atoms with E-state index in [2.05, 4.69) is 15.2 Å². The van der Waals surface area contributed by atoms with Crippen molar-refractivity contribution in [1.29, 1.82) is 0 Å². The van der Waals surface area contributed by atoms with Gasteiger partial charge in [0.05, 0.1) is 12.3 Å². The van der Waals surface area contributed by atoms with E-state index in [0.29, 0.717) is 22.5 Å². The first kappa shape index (κ1) is 20.4. The number of hydrogen-bond donors (Lipinski definition) is 0. The number of hydrogen-bond acceptors (Lipinski definition) is 6. The molecule has 0 aliphatic carbocycles. The predicted molar refractivity (Wildman–Crippen MR) is 86.8 cm³/mol. The van der Waals surface area contributed by atoms with Gasteiger partial charge in [-0.2, -0.15) is 4.68 Å². The van der Waals surface area contributed by atoms with E-state index in [9.17, 15) is 22.8 Å². The molecule has 0 saturated carbocycles. The summed E-state index contributed by atoms with van der Waals surface area (Å²) in [5.74, 6) is -0.528. The van der Waals surface area contributed by atoms with E-state index < -0.39 is 23.8 Å². The number of tetrazole rings is 1. The Bertz CT molecular complexity index is 833. The number of amides is 1. The van der Waals surface area contributed by atoms with Gasteiger partial charge in [0.25, 0.3) is 0 Å². The molecule has 27 heavy (non-hydrogen) atoms. The molecule has 12 heteroatoms. The average molecular weight is 389 g/mol. The van der Waals surface area contributed by atoms with Crippen molar-refractivity contribution in [2.24, 2.45) is 0 Å². The number of carbonyl (C=O) groups is 1. The highest BCUT2D eigenvalue weighted by molar-refractivity contribution is 5.75. The summed E-state index contributed by atoms with van der Waals surface area (Å²) < 4.78 is 47.2. The number of likely N-dealkylation sites (N-methyl/N-ethyl adjacent to an activating group) is 1. The fraction of sp³-hybridized carbons (Fsp3) is 0.467. The topological polar surface area (TPSA) is 91.5 Å². The van der Waals surface area contributed by atoms with Gasteiger partial charge in [0.1, 0.15) is 5.75 Å². The van der Waals surface area contributed by atoms with E-state index in [1.54, 1.807) is 6.92 Å². The molecule has 2 rings (SSSR count). The molecular formula is C15H18F3N5O4. The molecule has 1 heterocycles. The Morgan fingerprint density at radius 1 is 1.26 bits per heavy atom. The SMILES string of the molecule is CCOCCN(CC)C(=O)n1nnn(-c2cccc(OC(F)(F)F)c2)c1=O. The van der Waals surface area contributed by atoms with Crippen molar-refractivity contribution in [1.82, 2.24) is 24.7 Å². The standard InChI is InChI=1S/C15H18F3N5O4/c1-3-21(8-9-26-4-2)13(24)23-14(25)22(19-20-23)11-6-5-7-12(10-11)27-15(16,17)18/h5-7,10H,3-4,8-9H2,1-2H3. The number of halogens is 3. The number of benzene rings is 1. The lowest BCUT2D eigenvalue weighted by Gasteiger charge is -2.18. The van der Waals surface area contributed by atoms with Gasteiger partial charge >= 0.3 is 18.1 Å². The lowest BCUT2D eigenvalue weighted by molar-refractivity contribution is -0.274. The van der Waals surface area contributed by atoms with Crippen molar-refractivity contribution in [3.63, 3.8) is 0 Å². The van der Waals surface area contributed by atoms with Crippen LogP contribution in [0.1, 0.15) is 13.8 Å². The molecule has 2 aromatic rings. The van der Waals surface area contributed by atoms with Gasteiger partial charge in [0.2, 0.25) is 0 Å². The summed E-state index contributed by atoms with van der Waals surface area (Å²) in [6.07, 6.45) is -4.88. The number of nitrogens with zero attached hydrogens (tertiary/aromatic N) is 5. The summed E-state index contributed by atoms with van der Waals surface area (Å²) in [6, 6.07) is 3.91. The summed E-state index contributed by atoms with van der Waals surface area (Å²) in [5, 5.41) is 7.07. The first-order chi connectivity index (χ1) is 12.8. The Balaban J connectivity index is 2.25. The predicted octanol–water partition coefficient (Wildman–Crippen LogP) is 1.65. The number of rotatable bonds is 7. The minimum absolute atomic E-state index is 0.0295. The molecule has 0 spiro atoms. The molecule has 9 nitrogen and oxygen atoms in total. The fourth-order valence-electron chi connectivity index (χ4n) is 2.18.